The highest BCUT2D eigenvalue weighted by Crippen LogP contribution is 2.26. The molecule has 0 spiro atoms. The molecule has 2 atom stereocenters. The maximum absolute atomic E-state index is 12.9. The second-order valence-electron chi connectivity index (χ2n) is 6.07. The zero-order chi connectivity index (χ0) is 15.7. The van der Waals surface area contributed by atoms with E-state index in [9.17, 15) is 9.59 Å². The van der Waals surface area contributed by atoms with Gasteiger partial charge in [0.1, 0.15) is 6.04 Å². The summed E-state index contributed by atoms with van der Waals surface area (Å²) in [6, 6.07) is -0.103. The Morgan fingerprint density at radius 3 is 2.91 bits per heavy atom. The Labute approximate surface area is 134 Å². The van der Waals surface area contributed by atoms with Gasteiger partial charge in [0.25, 0.3) is 0 Å². The first kappa shape index (κ1) is 15.4. The van der Waals surface area contributed by atoms with Gasteiger partial charge < -0.3 is 9.80 Å². The van der Waals surface area contributed by atoms with E-state index in [1.807, 2.05) is 28.9 Å². The van der Waals surface area contributed by atoms with Gasteiger partial charge in [0.15, 0.2) is 0 Å². The van der Waals surface area contributed by atoms with Crippen LogP contribution in [0.3, 0.4) is 0 Å². The maximum Gasteiger partial charge on any atom is 0.246 e. The largest absolute Gasteiger partial charge is 0.336 e. The number of nitrogens with zero attached hydrogens (tertiary/aromatic N) is 4. The molecule has 2 aliphatic rings. The van der Waals surface area contributed by atoms with Crippen molar-refractivity contribution < 1.29 is 9.59 Å². The standard InChI is InChI=1S/C15H22N4O2S/c1-11-6-16-17(7-11)8-13-4-3-5-18(13)15(21)14-9-22-10-19(14)12(2)20/h6-7,13-14H,3-5,8-10H2,1-2H3. The summed E-state index contributed by atoms with van der Waals surface area (Å²) in [4.78, 5) is 28.2. The van der Waals surface area contributed by atoms with Gasteiger partial charge in [-0.25, -0.2) is 0 Å². The van der Waals surface area contributed by atoms with Gasteiger partial charge in [-0.1, -0.05) is 0 Å². The van der Waals surface area contributed by atoms with Crippen molar-refractivity contribution in [3.8, 4) is 0 Å². The van der Waals surface area contributed by atoms with E-state index in [1.165, 1.54) is 0 Å². The summed E-state index contributed by atoms with van der Waals surface area (Å²) in [7, 11) is 0. The highest BCUT2D eigenvalue weighted by Gasteiger charge is 2.39. The quantitative estimate of drug-likeness (QED) is 0.836. The Kier molecular flexibility index (Phi) is 4.42. The molecule has 7 heteroatoms. The molecule has 2 unspecified atom stereocenters. The number of carbonyl (C=O) groups is 2. The van der Waals surface area contributed by atoms with Crippen LogP contribution in [0.2, 0.25) is 0 Å². The van der Waals surface area contributed by atoms with Gasteiger partial charge in [0.2, 0.25) is 11.8 Å². The van der Waals surface area contributed by atoms with Crippen molar-refractivity contribution >= 4 is 23.6 Å². The summed E-state index contributed by atoms with van der Waals surface area (Å²) in [6.07, 6.45) is 5.88. The van der Waals surface area contributed by atoms with Crippen molar-refractivity contribution in [3.05, 3.63) is 18.0 Å². The fourth-order valence-corrected chi connectivity index (χ4v) is 4.46. The van der Waals surface area contributed by atoms with Crippen LogP contribution in [0.15, 0.2) is 12.4 Å². The SMILES string of the molecule is CC(=O)N1CSCC1C(=O)N1CCCC1Cn1cc(C)cn1. The first-order valence-electron chi connectivity index (χ1n) is 7.71. The number of aryl methyl sites for hydroxylation is 1. The number of rotatable bonds is 3. The number of carbonyl (C=O) groups excluding carboxylic acids is 2. The van der Waals surface area contributed by atoms with E-state index >= 15 is 0 Å². The van der Waals surface area contributed by atoms with Gasteiger partial charge in [-0.2, -0.15) is 5.10 Å². The Morgan fingerprint density at radius 1 is 1.41 bits per heavy atom. The van der Waals surface area contributed by atoms with E-state index in [-0.39, 0.29) is 23.9 Å². The van der Waals surface area contributed by atoms with E-state index in [4.69, 9.17) is 0 Å². The monoisotopic (exact) mass is 322 g/mol. The van der Waals surface area contributed by atoms with Crippen molar-refractivity contribution in [3.63, 3.8) is 0 Å². The zero-order valence-corrected chi connectivity index (χ0v) is 13.9. The van der Waals surface area contributed by atoms with Crippen LogP contribution < -0.4 is 0 Å². The van der Waals surface area contributed by atoms with Crippen LogP contribution in [-0.4, -0.2) is 61.7 Å². The molecule has 0 N–H and O–H groups in total. The minimum Gasteiger partial charge on any atom is -0.336 e. The van der Waals surface area contributed by atoms with E-state index in [0.29, 0.717) is 11.6 Å². The van der Waals surface area contributed by atoms with Gasteiger partial charge in [-0.05, 0) is 25.3 Å². The summed E-state index contributed by atoms with van der Waals surface area (Å²) >= 11 is 1.65. The van der Waals surface area contributed by atoms with Crippen molar-refractivity contribution in [1.29, 1.82) is 0 Å². The van der Waals surface area contributed by atoms with Crippen LogP contribution >= 0.6 is 11.8 Å². The van der Waals surface area contributed by atoms with Crippen molar-refractivity contribution in [2.75, 3.05) is 18.2 Å². The molecule has 3 rings (SSSR count). The molecule has 0 bridgehead atoms. The molecule has 2 amide bonds. The second-order valence-corrected chi connectivity index (χ2v) is 7.07. The Balaban J connectivity index is 1.69. The summed E-state index contributed by atoms with van der Waals surface area (Å²) in [6.45, 7) is 5.08. The average Bonchev–Trinajstić information content (AvgIpc) is 3.19. The predicted octanol–water partition coefficient (Wildman–Crippen LogP) is 1.10. The van der Waals surface area contributed by atoms with Crippen molar-refractivity contribution in [1.82, 2.24) is 19.6 Å². The van der Waals surface area contributed by atoms with Gasteiger partial charge in [-0.15, -0.1) is 11.8 Å². The first-order chi connectivity index (χ1) is 10.6. The molecule has 2 aliphatic heterocycles. The molecule has 0 radical (unpaired) electrons. The lowest BCUT2D eigenvalue weighted by atomic mass is 10.2. The zero-order valence-electron chi connectivity index (χ0n) is 13.1. The van der Waals surface area contributed by atoms with E-state index in [1.54, 1.807) is 23.6 Å². The summed E-state index contributed by atoms with van der Waals surface area (Å²) < 4.78 is 1.91. The lowest BCUT2D eigenvalue weighted by Crippen LogP contribution is -2.50. The number of thioether (sulfide) groups is 1. The lowest BCUT2D eigenvalue weighted by Gasteiger charge is -2.30. The first-order valence-corrected chi connectivity index (χ1v) is 8.86. The fraction of sp³-hybridized carbons (Fsp3) is 0.667. The van der Waals surface area contributed by atoms with E-state index in [2.05, 4.69) is 5.10 Å². The molecule has 2 fully saturated rings. The van der Waals surface area contributed by atoms with Gasteiger partial charge >= 0.3 is 0 Å². The van der Waals surface area contributed by atoms with Crippen LogP contribution in [0, 0.1) is 6.92 Å². The number of hydrogen-bond donors (Lipinski definition) is 0. The second kappa shape index (κ2) is 6.32. The minimum atomic E-state index is -0.289. The molecule has 1 aromatic heterocycles. The maximum atomic E-state index is 12.9. The highest BCUT2D eigenvalue weighted by atomic mass is 32.2. The molecular formula is C15H22N4O2S. The molecule has 6 nitrogen and oxygen atoms in total. The molecule has 0 aromatic carbocycles. The third kappa shape index (κ3) is 2.99. The third-order valence-corrected chi connectivity index (χ3v) is 5.40. The van der Waals surface area contributed by atoms with Gasteiger partial charge in [0, 0.05) is 25.4 Å². The van der Waals surface area contributed by atoms with Crippen LogP contribution in [0.4, 0.5) is 0 Å². The summed E-state index contributed by atoms with van der Waals surface area (Å²) in [5, 5.41) is 4.32. The molecule has 1 aromatic rings. The fourth-order valence-electron chi connectivity index (χ4n) is 3.25. The molecule has 120 valence electrons. The van der Waals surface area contributed by atoms with Gasteiger partial charge in [-0.3, -0.25) is 14.3 Å². The van der Waals surface area contributed by atoms with Crippen LogP contribution in [-0.2, 0) is 16.1 Å². The summed E-state index contributed by atoms with van der Waals surface area (Å²) in [5.74, 6) is 1.43. The number of hydrogen-bond acceptors (Lipinski definition) is 4. The normalized spacial score (nSPS) is 25.0. The number of aromatic nitrogens is 2. The highest BCUT2D eigenvalue weighted by molar-refractivity contribution is 7.99. The molecule has 22 heavy (non-hydrogen) atoms. The van der Waals surface area contributed by atoms with E-state index in [0.717, 1.165) is 31.5 Å². The Hall–Kier alpha value is -1.50. The molecular weight excluding hydrogens is 300 g/mol. The number of likely N-dealkylation sites (tertiary alicyclic amines) is 1. The van der Waals surface area contributed by atoms with Crippen molar-refractivity contribution in [2.24, 2.45) is 0 Å². The van der Waals surface area contributed by atoms with Crippen LogP contribution in [0.25, 0.3) is 0 Å². The smallest absolute Gasteiger partial charge is 0.246 e. The van der Waals surface area contributed by atoms with Gasteiger partial charge in [0.05, 0.1) is 24.7 Å². The van der Waals surface area contributed by atoms with Crippen molar-refractivity contribution in [2.45, 2.75) is 45.3 Å². The minimum absolute atomic E-state index is 0.0122. The third-order valence-electron chi connectivity index (χ3n) is 4.39. The summed E-state index contributed by atoms with van der Waals surface area (Å²) in [5.41, 5.74) is 1.13. The molecule has 0 saturated carbocycles. The predicted molar refractivity (Wildman–Crippen MR) is 85.3 cm³/mol. The van der Waals surface area contributed by atoms with Crippen LogP contribution in [0.1, 0.15) is 25.3 Å². The average molecular weight is 322 g/mol. The van der Waals surface area contributed by atoms with E-state index < -0.39 is 0 Å². The molecule has 2 saturated heterocycles. The van der Waals surface area contributed by atoms with Crippen LogP contribution in [0.5, 0.6) is 0 Å². The molecule has 0 aliphatic carbocycles. The topological polar surface area (TPSA) is 58.4 Å². The molecule has 3 heterocycles. The Morgan fingerprint density at radius 2 is 2.23 bits per heavy atom. The Bertz CT molecular complexity index is 574. The lowest BCUT2D eigenvalue weighted by molar-refractivity contribution is -0.143. The number of amides is 2.